The summed E-state index contributed by atoms with van der Waals surface area (Å²) in [7, 11) is 0. The van der Waals surface area contributed by atoms with E-state index < -0.39 is 27.1 Å². The Morgan fingerprint density at radius 2 is 1.56 bits per heavy atom. The standard InChI is InChI=1S/C25H23N5O6/c1-23(2)24(3)8-9-25(23,22(32)29-28-21(31)13-4-6-14(7-5-13)30(33)34)20-19(24)26-15-10-17-18(36-12-35-17)11-16(15)27-20/h4-7,10-11H,8-9,12H2,1-3H3,(H,28,31)(H,29,32). The van der Waals surface area contributed by atoms with Gasteiger partial charge in [0, 0.05) is 35.2 Å². The Kier molecular flexibility index (Phi) is 4.39. The van der Waals surface area contributed by atoms with Crippen LogP contribution in [0.25, 0.3) is 11.0 Å². The molecule has 2 atom stereocenters. The number of hydrogen-bond donors (Lipinski definition) is 2. The Balaban J connectivity index is 1.35. The molecule has 3 aromatic rings. The van der Waals surface area contributed by atoms with Crippen molar-refractivity contribution in [2.24, 2.45) is 5.41 Å². The summed E-state index contributed by atoms with van der Waals surface area (Å²) in [5, 5.41) is 10.9. The molecule has 2 N–H and O–H groups in total. The molecule has 0 saturated heterocycles. The molecular formula is C25H23N5O6. The Labute approximate surface area is 205 Å². The first-order valence-electron chi connectivity index (χ1n) is 11.6. The number of nitrogens with zero attached hydrogens (tertiary/aromatic N) is 3. The zero-order valence-electron chi connectivity index (χ0n) is 19.9. The molecule has 1 aromatic heterocycles. The molecule has 36 heavy (non-hydrogen) atoms. The maximum absolute atomic E-state index is 13.8. The number of hydrazine groups is 1. The molecule has 2 bridgehead atoms. The Hall–Kier alpha value is -4.28. The van der Waals surface area contributed by atoms with E-state index >= 15 is 0 Å². The number of non-ortho nitro benzene ring substituents is 1. The van der Waals surface area contributed by atoms with Gasteiger partial charge < -0.3 is 9.47 Å². The van der Waals surface area contributed by atoms with Crippen LogP contribution in [0.5, 0.6) is 11.5 Å². The number of amides is 2. The molecule has 2 unspecified atom stereocenters. The van der Waals surface area contributed by atoms with Gasteiger partial charge in [-0.15, -0.1) is 0 Å². The lowest BCUT2D eigenvalue weighted by atomic mass is 9.63. The van der Waals surface area contributed by atoms with Crippen LogP contribution in [0.4, 0.5) is 5.69 Å². The van der Waals surface area contributed by atoms with Crippen LogP contribution in [0.15, 0.2) is 36.4 Å². The van der Waals surface area contributed by atoms with E-state index in [-0.39, 0.29) is 24.0 Å². The van der Waals surface area contributed by atoms with Gasteiger partial charge in [0.25, 0.3) is 17.5 Å². The number of fused-ring (bicyclic) bond motifs is 7. The average molecular weight is 489 g/mol. The maximum atomic E-state index is 13.8. The van der Waals surface area contributed by atoms with Gasteiger partial charge in [-0.05, 0) is 30.4 Å². The van der Waals surface area contributed by atoms with Crippen LogP contribution in [-0.2, 0) is 15.6 Å². The number of nitro groups is 1. The minimum Gasteiger partial charge on any atom is -0.454 e. The number of nitro benzene ring substituents is 1. The number of aromatic nitrogens is 2. The predicted molar refractivity (Wildman–Crippen MR) is 126 cm³/mol. The quantitative estimate of drug-likeness (QED) is 0.422. The number of carbonyl (C=O) groups is 2. The fourth-order valence-corrected chi connectivity index (χ4v) is 6.02. The average Bonchev–Trinajstić information content (AvgIpc) is 3.44. The Morgan fingerprint density at radius 3 is 2.17 bits per heavy atom. The van der Waals surface area contributed by atoms with E-state index in [2.05, 4.69) is 17.8 Å². The van der Waals surface area contributed by atoms with Crippen molar-refractivity contribution >= 4 is 28.5 Å². The van der Waals surface area contributed by atoms with Gasteiger partial charge in [0.15, 0.2) is 11.5 Å². The summed E-state index contributed by atoms with van der Waals surface area (Å²) >= 11 is 0. The van der Waals surface area contributed by atoms with Gasteiger partial charge in [-0.25, -0.2) is 9.97 Å². The highest BCUT2D eigenvalue weighted by Crippen LogP contribution is 2.70. The smallest absolute Gasteiger partial charge is 0.269 e. The van der Waals surface area contributed by atoms with Crippen LogP contribution in [0.1, 0.15) is 55.4 Å². The van der Waals surface area contributed by atoms with Crippen LogP contribution in [0.2, 0.25) is 0 Å². The summed E-state index contributed by atoms with van der Waals surface area (Å²) in [5.74, 6) is 0.244. The lowest BCUT2D eigenvalue weighted by molar-refractivity contribution is -0.384. The molecule has 11 nitrogen and oxygen atoms in total. The van der Waals surface area contributed by atoms with Crippen molar-refractivity contribution in [2.75, 3.05) is 6.79 Å². The van der Waals surface area contributed by atoms with E-state index in [4.69, 9.17) is 19.4 Å². The summed E-state index contributed by atoms with van der Waals surface area (Å²) in [6.45, 7) is 6.32. The summed E-state index contributed by atoms with van der Waals surface area (Å²) in [6, 6.07) is 8.72. The van der Waals surface area contributed by atoms with E-state index in [0.29, 0.717) is 34.6 Å². The number of hydrogen-bond acceptors (Lipinski definition) is 8. The van der Waals surface area contributed by atoms with Gasteiger partial charge in [0.1, 0.15) is 5.41 Å². The number of nitrogens with one attached hydrogen (secondary N) is 2. The first kappa shape index (κ1) is 22.2. The van der Waals surface area contributed by atoms with Crippen molar-refractivity contribution in [3.05, 3.63) is 63.5 Å². The molecule has 0 radical (unpaired) electrons. The van der Waals surface area contributed by atoms with Crippen LogP contribution in [-0.4, -0.2) is 33.5 Å². The second-order valence-electron chi connectivity index (χ2n) is 10.2. The second-order valence-corrected chi connectivity index (χ2v) is 10.2. The minimum atomic E-state index is -1.02. The van der Waals surface area contributed by atoms with Crippen molar-refractivity contribution in [3.63, 3.8) is 0 Å². The fraction of sp³-hybridized carbons (Fsp3) is 0.360. The Morgan fingerprint density at radius 1 is 0.944 bits per heavy atom. The molecule has 11 heteroatoms. The van der Waals surface area contributed by atoms with Gasteiger partial charge in [-0.2, -0.15) is 0 Å². The van der Waals surface area contributed by atoms with Crippen molar-refractivity contribution in [2.45, 2.75) is 44.4 Å². The second kappa shape index (κ2) is 7.12. The molecular weight excluding hydrogens is 466 g/mol. The van der Waals surface area contributed by atoms with Crippen molar-refractivity contribution < 1.29 is 24.0 Å². The van der Waals surface area contributed by atoms with Gasteiger partial charge in [0.05, 0.1) is 27.3 Å². The zero-order valence-corrected chi connectivity index (χ0v) is 19.9. The van der Waals surface area contributed by atoms with Crippen LogP contribution in [0.3, 0.4) is 0 Å². The molecule has 1 aliphatic heterocycles. The molecule has 2 aliphatic carbocycles. The van der Waals surface area contributed by atoms with Gasteiger partial charge >= 0.3 is 0 Å². The largest absolute Gasteiger partial charge is 0.454 e. The molecule has 1 saturated carbocycles. The first-order valence-corrected chi connectivity index (χ1v) is 11.6. The van der Waals surface area contributed by atoms with E-state index in [1.54, 1.807) is 6.07 Å². The van der Waals surface area contributed by atoms with Gasteiger partial charge in [0.2, 0.25) is 6.79 Å². The summed E-state index contributed by atoms with van der Waals surface area (Å²) in [4.78, 5) is 46.7. The fourth-order valence-electron chi connectivity index (χ4n) is 6.02. The third kappa shape index (κ3) is 2.68. The van der Waals surface area contributed by atoms with Gasteiger partial charge in [-0.3, -0.25) is 30.6 Å². The van der Waals surface area contributed by atoms with Crippen molar-refractivity contribution in [1.29, 1.82) is 0 Å². The van der Waals surface area contributed by atoms with Crippen LogP contribution < -0.4 is 20.3 Å². The lowest BCUT2D eigenvalue weighted by Gasteiger charge is -2.39. The zero-order chi connectivity index (χ0) is 25.5. The van der Waals surface area contributed by atoms with Gasteiger partial charge in [-0.1, -0.05) is 20.8 Å². The molecule has 0 spiro atoms. The van der Waals surface area contributed by atoms with Crippen LogP contribution >= 0.6 is 0 Å². The van der Waals surface area contributed by atoms with E-state index in [0.717, 1.165) is 12.1 Å². The highest BCUT2D eigenvalue weighted by atomic mass is 16.7. The highest BCUT2D eigenvalue weighted by Gasteiger charge is 2.73. The molecule has 184 valence electrons. The van der Waals surface area contributed by atoms with Crippen LogP contribution in [0, 0.1) is 15.5 Å². The molecule has 1 fully saturated rings. The normalized spacial score (nSPS) is 24.4. The molecule has 2 amide bonds. The lowest BCUT2D eigenvalue weighted by Crippen LogP contribution is -2.55. The third-order valence-electron chi connectivity index (χ3n) is 8.55. The van der Waals surface area contributed by atoms with E-state index in [9.17, 15) is 19.7 Å². The highest BCUT2D eigenvalue weighted by molar-refractivity contribution is 5.98. The minimum absolute atomic E-state index is 0.127. The topological polar surface area (TPSA) is 146 Å². The number of rotatable bonds is 3. The third-order valence-corrected chi connectivity index (χ3v) is 8.55. The molecule has 2 aromatic carbocycles. The molecule has 6 rings (SSSR count). The molecule has 3 aliphatic rings. The van der Waals surface area contributed by atoms with Crippen molar-refractivity contribution in [3.8, 4) is 11.5 Å². The number of ether oxygens (including phenoxy) is 2. The van der Waals surface area contributed by atoms with E-state index in [1.165, 1.54) is 24.3 Å². The summed E-state index contributed by atoms with van der Waals surface area (Å²) in [5.41, 5.74) is 5.81. The van der Waals surface area contributed by atoms with E-state index in [1.807, 2.05) is 19.9 Å². The summed E-state index contributed by atoms with van der Waals surface area (Å²) < 4.78 is 11.0. The monoisotopic (exact) mass is 489 g/mol. The maximum Gasteiger partial charge on any atom is 0.269 e. The Bertz CT molecular complexity index is 1490. The predicted octanol–water partition coefficient (Wildman–Crippen LogP) is 3.06. The number of carbonyl (C=O) groups excluding carboxylic acids is 2. The molecule has 2 heterocycles. The number of benzene rings is 2. The SMILES string of the molecule is CC12CCC(C(=O)NNC(=O)c3ccc([N+](=O)[O-])cc3)(c3nc4cc5c(cc4nc31)OCO5)C2(C)C. The summed E-state index contributed by atoms with van der Waals surface area (Å²) in [6.07, 6.45) is 1.29. The first-order chi connectivity index (χ1) is 17.1. The van der Waals surface area contributed by atoms with Crippen molar-refractivity contribution in [1.82, 2.24) is 20.8 Å².